The van der Waals surface area contributed by atoms with Crippen molar-refractivity contribution in [2.24, 2.45) is 0 Å². The molecule has 1 aliphatic heterocycles. The van der Waals surface area contributed by atoms with E-state index in [9.17, 15) is 0 Å². The van der Waals surface area contributed by atoms with E-state index < -0.39 is 0 Å². The van der Waals surface area contributed by atoms with E-state index in [4.69, 9.17) is 0 Å². The quantitative estimate of drug-likeness (QED) is 0.893. The lowest BCUT2D eigenvalue weighted by Gasteiger charge is -2.17. The van der Waals surface area contributed by atoms with Gasteiger partial charge in [0, 0.05) is 25.3 Å². The molecule has 2 heteroatoms. The Morgan fingerprint density at radius 3 is 2.75 bits per heavy atom. The maximum Gasteiger partial charge on any atom is 0.0373 e. The van der Waals surface area contributed by atoms with Gasteiger partial charge >= 0.3 is 0 Å². The van der Waals surface area contributed by atoms with Crippen LogP contribution in [-0.2, 0) is 19.4 Å². The summed E-state index contributed by atoms with van der Waals surface area (Å²) in [7, 11) is 2.20. The van der Waals surface area contributed by atoms with E-state index in [-0.39, 0.29) is 0 Å². The SMILES string of the molecule is CN(CCc1ccccc1)Cc1ccc2c(c1)CCN2. The molecule has 0 fully saturated rings. The molecule has 0 unspecified atom stereocenters. The summed E-state index contributed by atoms with van der Waals surface area (Å²) in [5.41, 5.74) is 5.63. The lowest BCUT2D eigenvalue weighted by atomic mass is 10.1. The van der Waals surface area contributed by atoms with Crippen LogP contribution in [0.3, 0.4) is 0 Å². The molecule has 0 radical (unpaired) electrons. The third-order valence-electron chi connectivity index (χ3n) is 3.96. The molecular weight excluding hydrogens is 244 g/mol. The molecule has 104 valence electrons. The second kappa shape index (κ2) is 6.10. The first-order valence-electron chi connectivity index (χ1n) is 7.39. The Labute approximate surface area is 121 Å². The second-order valence-corrected chi connectivity index (χ2v) is 5.64. The largest absolute Gasteiger partial charge is 0.384 e. The van der Waals surface area contributed by atoms with Crippen molar-refractivity contribution in [3.63, 3.8) is 0 Å². The molecule has 2 aromatic carbocycles. The average Bonchev–Trinajstić information content (AvgIpc) is 2.94. The van der Waals surface area contributed by atoms with Gasteiger partial charge in [0.05, 0.1) is 0 Å². The van der Waals surface area contributed by atoms with Crippen molar-refractivity contribution in [3.8, 4) is 0 Å². The summed E-state index contributed by atoms with van der Waals surface area (Å²) in [4.78, 5) is 2.40. The fourth-order valence-corrected chi connectivity index (χ4v) is 2.81. The molecule has 1 N–H and O–H groups in total. The Bertz CT molecular complexity index is 563. The first kappa shape index (κ1) is 13.2. The van der Waals surface area contributed by atoms with Gasteiger partial charge in [-0.1, -0.05) is 42.5 Å². The highest BCUT2D eigenvalue weighted by Crippen LogP contribution is 2.23. The van der Waals surface area contributed by atoms with Gasteiger partial charge in [0.1, 0.15) is 0 Å². The molecule has 0 aromatic heterocycles. The molecule has 1 heterocycles. The lowest BCUT2D eigenvalue weighted by molar-refractivity contribution is 0.331. The minimum atomic E-state index is 1.03. The van der Waals surface area contributed by atoms with Crippen LogP contribution in [0.4, 0.5) is 5.69 Å². The zero-order valence-electron chi connectivity index (χ0n) is 12.1. The van der Waals surface area contributed by atoms with Gasteiger partial charge in [-0.15, -0.1) is 0 Å². The highest BCUT2D eigenvalue weighted by Gasteiger charge is 2.10. The average molecular weight is 266 g/mol. The van der Waals surface area contributed by atoms with Crippen LogP contribution in [0.5, 0.6) is 0 Å². The molecule has 3 rings (SSSR count). The van der Waals surface area contributed by atoms with Crippen molar-refractivity contribution in [1.29, 1.82) is 0 Å². The molecule has 20 heavy (non-hydrogen) atoms. The third-order valence-corrected chi connectivity index (χ3v) is 3.96. The summed E-state index contributed by atoms with van der Waals surface area (Å²) in [5.74, 6) is 0. The molecule has 0 spiro atoms. The number of likely N-dealkylation sites (N-methyl/N-ethyl adjacent to an activating group) is 1. The molecule has 2 nitrogen and oxygen atoms in total. The maximum absolute atomic E-state index is 3.41. The molecule has 0 atom stereocenters. The number of anilines is 1. The van der Waals surface area contributed by atoms with Crippen LogP contribution in [-0.4, -0.2) is 25.0 Å². The van der Waals surface area contributed by atoms with Crippen LogP contribution >= 0.6 is 0 Å². The Kier molecular flexibility index (Phi) is 4.03. The monoisotopic (exact) mass is 266 g/mol. The third kappa shape index (κ3) is 3.20. The zero-order valence-corrected chi connectivity index (χ0v) is 12.1. The van der Waals surface area contributed by atoms with E-state index in [0.29, 0.717) is 0 Å². The van der Waals surface area contributed by atoms with E-state index in [2.05, 4.69) is 65.8 Å². The van der Waals surface area contributed by atoms with E-state index in [0.717, 1.165) is 32.5 Å². The predicted octanol–water partition coefficient (Wildman–Crippen LogP) is 3.33. The van der Waals surface area contributed by atoms with Crippen molar-refractivity contribution < 1.29 is 0 Å². The van der Waals surface area contributed by atoms with Crippen molar-refractivity contribution in [3.05, 3.63) is 65.2 Å². The molecule has 0 bridgehead atoms. The first-order valence-corrected chi connectivity index (χ1v) is 7.39. The number of benzene rings is 2. The van der Waals surface area contributed by atoms with E-state index in [1.54, 1.807) is 0 Å². The van der Waals surface area contributed by atoms with Gasteiger partial charge in [-0.05, 0) is 42.6 Å². The van der Waals surface area contributed by atoms with Gasteiger partial charge in [0.25, 0.3) is 0 Å². The van der Waals surface area contributed by atoms with Gasteiger partial charge in [-0.2, -0.15) is 0 Å². The fourth-order valence-electron chi connectivity index (χ4n) is 2.81. The highest BCUT2D eigenvalue weighted by atomic mass is 15.1. The predicted molar refractivity (Wildman–Crippen MR) is 85.1 cm³/mol. The standard InChI is InChI=1S/C18H22N2/c1-20(12-10-15-5-3-2-4-6-15)14-16-7-8-18-17(13-16)9-11-19-18/h2-8,13,19H,9-12,14H2,1H3. The summed E-state index contributed by atoms with van der Waals surface area (Å²) in [6.07, 6.45) is 2.28. The van der Waals surface area contributed by atoms with Crippen LogP contribution in [0, 0.1) is 0 Å². The molecule has 2 aromatic rings. The van der Waals surface area contributed by atoms with Crippen molar-refractivity contribution >= 4 is 5.69 Å². The highest BCUT2D eigenvalue weighted by molar-refractivity contribution is 5.56. The molecular formula is C18H22N2. The normalized spacial score (nSPS) is 13.3. The Balaban J connectivity index is 1.55. The zero-order chi connectivity index (χ0) is 13.8. The molecule has 0 saturated heterocycles. The van der Waals surface area contributed by atoms with Crippen LogP contribution in [0.1, 0.15) is 16.7 Å². The molecule has 1 aliphatic rings. The van der Waals surface area contributed by atoms with E-state index in [1.807, 2.05) is 0 Å². The summed E-state index contributed by atoms with van der Waals surface area (Å²) in [6, 6.07) is 17.5. The van der Waals surface area contributed by atoms with Crippen molar-refractivity contribution in [2.75, 3.05) is 25.5 Å². The van der Waals surface area contributed by atoms with Gasteiger partial charge < -0.3 is 10.2 Å². The Morgan fingerprint density at radius 1 is 1.05 bits per heavy atom. The number of nitrogens with one attached hydrogen (secondary N) is 1. The number of rotatable bonds is 5. The van der Waals surface area contributed by atoms with Crippen LogP contribution in [0.15, 0.2) is 48.5 Å². The van der Waals surface area contributed by atoms with Crippen LogP contribution < -0.4 is 5.32 Å². The van der Waals surface area contributed by atoms with Crippen LogP contribution in [0.25, 0.3) is 0 Å². The molecule has 0 aliphatic carbocycles. The Morgan fingerprint density at radius 2 is 1.90 bits per heavy atom. The smallest absolute Gasteiger partial charge is 0.0373 e. The maximum atomic E-state index is 3.41. The minimum absolute atomic E-state index is 1.03. The van der Waals surface area contributed by atoms with E-state index in [1.165, 1.54) is 22.4 Å². The van der Waals surface area contributed by atoms with Gasteiger partial charge in [-0.25, -0.2) is 0 Å². The van der Waals surface area contributed by atoms with Gasteiger partial charge in [0.15, 0.2) is 0 Å². The number of hydrogen-bond acceptors (Lipinski definition) is 2. The van der Waals surface area contributed by atoms with Crippen molar-refractivity contribution in [1.82, 2.24) is 4.90 Å². The summed E-state index contributed by atoms with van der Waals surface area (Å²) in [6.45, 7) is 3.21. The number of fused-ring (bicyclic) bond motifs is 1. The summed E-state index contributed by atoms with van der Waals surface area (Å²) < 4.78 is 0. The topological polar surface area (TPSA) is 15.3 Å². The molecule has 0 amide bonds. The molecule has 0 saturated carbocycles. The summed E-state index contributed by atoms with van der Waals surface area (Å²) in [5, 5.41) is 3.41. The van der Waals surface area contributed by atoms with E-state index >= 15 is 0 Å². The fraction of sp³-hybridized carbons (Fsp3) is 0.333. The number of nitrogens with zero attached hydrogens (tertiary/aromatic N) is 1. The van der Waals surface area contributed by atoms with Gasteiger partial charge in [0.2, 0.25) is 0 Å². The van der Waals surface area contributed by atoms with Gasteiger partial charge in [-0.3, -0.25) is 0 Å². The lowest BCUT2D eigenvalue weighted by Crippen LogP contribution is -2.20. The second-order valence-electron chi connectivity index (χ2n) is 5.64. The first-order chi connectivity index (χ1) is 9.81. The van der Waals surface area contributed by atoms with Crippen molar-refractivity contribution in [2.45, 2.75) is 19.4 Å². The number of hydrogen-bond donors (Lipinski definition) is 1. The minimum Gasteiger partial charge on any atom is -0.384 e. The summed E-state index contributed by atoms with van der Waals surface area (Å²) >= 11 is 0. The Hall–Kier alpha value is -1.80. The van der Waals surface area contributed by atoms with Crippen LogP contribution in [0.2, 0.25) is 0 Å².